The molecule has 0 bridgehead atoms. The molecule has 1 aliphatic rings. The van der Waals surface area contributed by atoms with E-state index in [9.17, 15) is 0 Å². The molecule has 0 fully saturated rings. The Bertz CT molecular complexity index is 119. The molecule has 1 atom stereocenters. The Morgan fingerprint density at radius 2 is 1.80 bits per heavy atom. The summed E-state index contributed by atoms with van der Waals surface area (Å²) in [6.07, 6.45) is 4.58. The van der Waals surface area contributed by atoms with E-state index in [1.54, 1.807) is 24.7 Å². The molecule has 0 radical (unpaired) electrons. The van der Waals surface area contributed by atoms with E-state index in [4.69, 9.17) is 0 Å². The van der Waals surface area contributed by atoms with Crippen molar-refractivity contribution in [3.05, 3.63) is 12.2 Å². The minimum atomic E-state index is 0. The third-order valence-electron chi connectivity index (χ3n) is 0.850. The fraction of sp³-hybridized carbons (Fsp3) is 0.400. The number of allylic oxidation sites excluding steroid dienone is 2. The molecule has 0 aromatic rings. The summed E-state index contributed by atoms with van der Waals surface area (Å²) in [5.74, 6) is 0. The van der Waals surface area contributed by atoms with E-state index in [0.29, 0.717) is 1.07 Å². The molecular formula is C5H9Cl3SbZr. The molecule has 0 nitrogen and oxygen atoms in total. The predicted molar refractivity (Wildman–Crippen MR) is 51.1 cm³/mol. The largest absolute Gasteiger partial charge is 0.147 e. The third-order valence-corrected chi connectivity index (χ3v) is 6.26. The molecule has 0 saturated carbocycles. The summed E-state index contributed by atoms with van der Waals surface area (Å²) in [5, 5.41) is 0. The summed E-state index contributed by atoms with van der Waals surface area (Å²) in [5.41, 5.74) is 0. The fourth-order valence-electron chi connectivity index (χ4n) is 0.471. The van der Waals surface area contributed by atoms with Crippen molar-refractivity contribution in [1.82, 2.24) is 0 Å². The second-order valence-corrected chi connectivity index (χ2v) is 11.6. The van der Waals surface area contributed by atoms with Crippen molar-refractivity contribution in [2.45, 2.75) is 7.99 Å². The van der Waals surface area contributed by atoms with Gasteiger partial charge in [0, 0.05) is 0 Å². The Hall–Kier alpha value is 2.18. The van der Waals surface area contributed by atoms with Crippen LogP contribution in [0.2, 0.25) is 1.07 Å². The summed E-state index contributed by atoms with van der Waals surface area (Å²) in [6, 6.07) is 0. The molecule has 1 heterocycles. The van der Waals surface area contributed by atoms with Crippen LogP contribution < -0.4 is 0 Å². The summed E-state index contributed by atoms with van der Waals surface area (Å²) < 4.78 is 3.08. The quantitative estimate of drug-likeness (QED) is 0.557. The standard InChI is InChI=1S/C5H6.3ClH.Sb.Zr/c1-3-5-4-2;;;;;/h1,3,5H,2H3;3*1H;;. The zero-order chi connectivity index (χ0) is 5.33. The molecule has 5 heteroatoms. The first kappa shape index (κ1) is 18.1. The fourth-order valence-corrected chi connectivity index (χ4v) is 3.80. The van der Waals surface area contributed by atoms with Crippen LogP contribution in [-0.4, -0.2) is 25.1 Å². The molecule has 0 aliphatic carbocycles. The first-order chi connectivity index (χ1) is 3.21. The summed E-state index contributed by atoms with van der Waals surface area (Å²) in [7, 11) is 0. The van der Waals surface area contributed by atoms with Gasteiger partial charge in [-0.2, -0.15) is 0 Å². The van der Waals surface area contributed by atoms with Crippen LogP contribution in [0.25, 0.3) is 0 Å². The van der Waals surface area contributed by atoms with Gasteiger partial charge in [0.2, 0.25) is 0 Å². The van der Waals surface area contributed by atoms with Crippen LogP contribution in [0, 0.1) is 0 Å². The molecule has 0 N–H and O–H groups in total. The van der Waals surface area contributed by atoms with E-state index >= 15 is 0 Å². The van der Waals surface area contributed by atoms with E-state index in [2.05, 4.69) is 23.0 Å². The molecule has 59 valence electrons. The molecule has 0 aromatic heterocycles. The third kappa shape index (κ3) is 6.86. The van der Waals surface area contributed by atoms with Gasteiger partial charge >= 0.3 is 70.0 Å². The van der Waals surface area contributed by atoms with Crippen LogP contribution in [0.4, 0.5) is 0 Å². The van der Waals surface area contributed by atoms with Gasteiger partial charge < -0.3 is 0 Å². The molecule has 1 unspecified atom stereocenters. The number of halogens is 3. The molecule has 0 amide bonds. The van der Waals surface area contributed by atoms with Crippen molar-refractivity contribution in [2.24, 2.45) is 0 Å². The Labute approximate surface area is 106 Å². The van der Waals surface area contributed by atoms with Gasteiger partial charge in [0.15, 0.2) is 0 Å². The minimum absolute atomic E-state index is 0. The first-order valence-electron chi connectivity index (χ1n) is 2.19. The summed E-state index contributed by atoms with van der Waals surface area (Å²) in [4.78, 5) is 0. The van der Waals surface area contributed by atoms with Gasteiger partial charge in [-0.1, -0.05) is 0 Å². The molecule has 0 aromatic carbocycles. The van der Waals surface area contributed by atoms with Gasteiger partial charge in [-0.3, -0.25) is 0 Å². The van der Waals surface area contributed by atoms with Crippen LogP contribution in [0.15, 0.2) is 12.2 Å². The normalized spacial score (nSPS) is 26.0. The van der Waals surface area contributed by atoms with Gasteiger partial charge in [0.25, 0.3) is 0 Å². The van der Waals surface area contributed by atoms with Crippen LogP contribution in [0.5, 0.6) is 0 Å². The van der Waals surface area contributed by atoms with E-state index in [1.165, 1.54) is 0 Å². The zero-order valence-electron chi connectivity index (χ0n) is 5.40. The maximum absolute atomic E-state index is 2.38. The maximum Gasteiger partial charge on any atom is -0.147 e. The molecule has 1 aliphatic heterocycles. The number of hydrogen-bond acceptors (Lipinski definition) is 0. The first-order valence-corrected chi connectivity index (χ1v) is 6.17. The van der Waals surface area contributed by atoms with Gasteiger partial charge in [-0.25, -0.2) is 0 Å². The smallest absolute Gasteiger partial charge is 0.147 e. The predicted octanol–water partition coefficient (Wildman–Crippen LogP) is 2.01. The van der Waals surface area contributed by atoms with Crippen LogP contribution in [0.1, 0.15) is 6.92 Å². The van der Waals surface area contributed by atoms with E-state index in [0.717, 1.165) is 0 Å². The van der Waals surface area contributed by atoms with Crippen molar-refractivity contribution in [3.8, 4) is 0 Å². The average Bonchev–Trinajstić information content (AvgIpc) is 1.84. The van der Waals surface area contributed by atoms with Gasteiger partial charge in [-0.15, -0.1) is 37.2 Å². The minimum Gasteiger partial charge on any atom is -0.147 e. The number of rotatable bonds is 0. The Morgan fingerprint density at radius 1 is 1.30 bits per heavy atom. The van der Waals surface area contributed by atoms with Gasteiger partial charge in [-0.05, 0) is 0 Å². The monoisotopic (exact) mass is 385 g/mol. The van der Waals surface area contributed by atoms with Crippen LogP contribution >= 0.6 is 37.2 Å². The maximum atomic E-state index is 2.38. The van der Waals surface area contributed by atoms with Gasteiger partial charge in [0.05, 0.1) is 0 Å². The Balaban J connectivity index is -0.000000163. The second-order valence-electron chi connectivity index (χ2n) is 1.78. The van der Waals surface area contributed by atoms with Gasteiger partial charge in [0.1, 0.15) is 0 Å². The molecule has 10 heavy (non-hydrogen) atoms. The topological polar surface area (TPSA) is 0 Å². The SMILES string of the molecule is C[C]1([Zr])C=C[CH]=[Sb]1.Cl.Cl.Cl. The van der Waals surface area contributed by atoms with Crippen molar-refractivity contribution < 1.29 is 24.7 Å². The van der Waals surface area contributed by atoms with Crippen molar-refractivity contribution in [1.29, 1.82) is 0 Å². The Morgan fingerprint density at radius 3 is 1.90 bits per heavy atom. The van der Waals surface area contributed by atoms with Crippen molar-refractivity contribution >= 4 is 62.3 Å². The molecule has 0 saturated heterocycles. The van der Waals surface area contributed by atoms with E-state index < -0.39 is 0 Å². The van der Waals surface area contributed by atoms with Crippen LogP contribution in [0.3, 0.4) is 0 Å². The van der Waals surface area contributed by atoms with E-state index in [1.807, 2.05) is 0 Å². The van der Waals surface area contributed by atoms with Crippen molar-refractivity contribution in [2.75, 3.05) is 0 Å². The van der Waals surface area contributed by atoms with Crippen molar-refractivity contribution in [3.63, 3.8) is 0 Å². The molecular weight excluding hydrogens is 379 g/mol. The number of hydrogen-bond donors (Lipinski definition) is 0. The van der Waals surface area contributed by atoms with Crippen LogP contribution in [-0.2, 0) is 24.7 Å². The molecule has 1 rings (SSSR count). The molecule has 0 spiro atoms. The summed E-state index contributed by atoms with van der Waals surface area (Å²) >= 11 is 1.78. The zero-order valence-corrected chi connectivity index (χ0v) is 12.9. The Kier molecular flexibility index (Phi) is 14.1. The summed E-state index contributed by atoms with van der Waals surface area (Å²) in [6.45, 7) is 2.35. The average molecular weight is 388 g/mol. The van der Waals surface area contributed by atoms with E-state index in [-0.39, 0.29) is 58.4 Å². The second kappa shape index (κ2) is 7.81.